The molecule has 1 aliphatic rings. The average molecular weight is 324 g/mol. The zero-order valence-electron chi connectivity index (χ0n) is 13.4. The van der Waals surface area contributed by atoms with Crippen LogP contribution in [0.5, 0.6) is 11.5 Å². The fourth-order valence-electron chi connectivity index (χ4n) is 2.84. The molecule has 0 unspecified atom stereocenters. The lowest BCUT2D eigenvalue weighted by molar-refractivity contribution is -0.135. The van der Waals surface area contributed by atoms with Crippen molar-refractivity contribution in [2.45, 2.75) is 19.8 Å². The van der Waals surface area contributed by atoms with Crippen LogP contribution in [0.25, 0.3) is 21.7 Å². The Balaban J connectivity index is 1.90. The zero-order chi connectivity index (χ0) is 16.8. The Morgan fingerprint density at radius 2 is 1.88 bits per heavy atom. The Hall–Kier alpha value is -2.82. The molecule has 5 heteroatoms. The van der Waals surface area contributed by atoms with Gasteiger partial charge in [-0.05, 0) is 50.1 Å². The van der Waals surface area contributed by atoms with Gasteiger partial charge in [-0.25, -0.2) is 4.79 Å². The van der Waals surface area contributed by atoms with Crippen LogP contribution in [0.15, 0.2) is 39.5 Å². The van der Waals surface area contributed by atoms with Gasteiger partial charge >= 0.3 is 11.6 Å². The number of methoxy groups -OCH3 is 1. The fourth-order valence-corrected chi connectivity index (χ4v) is 2.84. The molecule has 2 aromatic carbocycles. The summed E-state index contributed by atoms with van der Waals surface area (Å²) in [6.07, 6.45) is 1.76. The van der Waals surface area contributed by atoms with Crippen molar-refractivity contribution in [3.63, 3.8) is 0 Å². The number of carbonyl (C=O) groups excluding carboxylic acids is 1. The van der Waals surface area contributed by atoms with Crippen molar-refractivity contribution in [2.75, 3.05) is 7.11 Å². The van der Waals surface area contributed by atoms with E-state index in [1.807, 2.05) is 12.1 Å². The van der Waals surface area contributed by atoms with Gasteiger partial charge in [0.05, 0.1) is 18.4 Å². The van der Waals surface area contributed by atoms with Gasteiger partial charge in [0.25, 0.3) is 0 Å². The van der Waals surface area contributed by atoms with Crippen molar-refractivity contribution in [3.05, 3.63) is 46.3 Å². The smallest absolute Gasteiger partial charge is 0.344 e. The minimum atomic E-state index is -0.440. The first-order chi connectivity index (χ1) is 11.6. The summed E-state index contributed by atoms with van der Waals surface area (Å²) < 4.78 is 16.1. The largest absolute Gasteiger partial charge is 0.497 e. The van der Waals surface area contributed by atoms with E-state index in [9.17, 15) is 9.59 Å². The van der Waals surface area contributed by atoms with Crippen LogP contribution in [0.4, 0.5) is 0 Å². The molecule has 0 spiro atoms. The van der Waals surface area contributed by atoms with E-state index in [1.54, 1.807) is 32.2 Å². The van der Waals surface area contributed by atoms with Crippen LogP contribution in [-0.4, -0.2) is 13.1 Å². The molecule has 4 rings (SSSR count). The SMILES string of the molecule is COc1ccc2c(c1)c(=O)oc1c(C)c(OC(=O)C3CC3)ccc12. The Kier molecular flexibility index (Phi) is 3.30. The molecule has 3 aromatic rings. The van der Waals surface area contributed by atoms with Gasteiger partial charge < -0.3 is 13.9 Å². The highest BCUT2D eigenvalue weighted by Crippen LogP contribution is 2.35. The predicted octanol–water partition coefficient (Wildman–Crippen LogP) is 3.58. The van der Waals surface area contributed by atoms with E-state index in [2.05, 4.69) is 0 Å². The molecular formula is C19H16O5. The second-order valence-electron chi connectivity index (χ2n) is 6.06. The first-order valence-electron chi connectivity index (χ1n) is 7.84. The average Bonchev–Trinajstić information content (AvgIpc) is 3.43. The number of esters is 1. The minimum Gasteiger partial charge on any atom is -0.497 e. The molecule has 1 aromatic heterocycles. The molecule has 0 bridgehead atoms. The normalized spacial score (nSPS) is 14.1. The number of hydrogen-bond donors (Lipinski definition) is 0. The van der Waals surface area contributed by atoms with E-state index in [0.29, 0.717) is 28.0 Å². The maximum absolute atomic E-state index is 12.3. The number of fused-ring (bicyclic) bond motifs is 3. The lowest BCUT2D eigenvalue weighted by Crippen LogP contribution is -2.11. The van der Waals surface area contributed by atoms with Gasteiger partial charge in [0, 0.05) is 16.3 Å². The van der Waals surface area contributed by atoms with Gasteiger partial charge in [-0.1, -0.05) is 0 Å². The summed E-state index contributed by atoms with van der Waals surface area (Å²) >= 11 is 0. The summed E-state index contributed by atoms with van der Waals surface area (Å²) in [6, 6.07) is 8.87. The van der Waals surface area contributed by atoms with Gasteiger partial charge in [0.1, 0.15) is 17.1 Å². The van der Waals surface area contributed by atoms with E-state index in [0.717, 1.165) is 23.6 Å². The van der Waals surface area contributed by atoms with Crippen molar-refractivity contribution in [3.8, 4) is 11.5 Å². The van der Waals surface area contributed by atoms with E-state index in [1.165, 1.54) is 0 Å². The van der Waals surface area contributed by atoms with Crippen molar-refractivity contribution in [1.82, 2.24) is 0 Å². The number of ether oxygens (including phenoxy) is 2. The standard InChI is InChI=1S/C19H16O5/c1-10-16(23-18(20)11-3-4-11)8-7-14-13-6-5-12(22-2)9-15(13)19(21)24-17(10)14/h5-9,11H,3-4H2,1-2H3. The van der Waals surface area contributed by atoms with Gasteiger partial charge in [0.15, 0.2) is 0 Å². The quantitative estimate of drug-likeness (QED) is 0.319. The van der Waals surface area contributed by atoms with Crippen LogP contribution in [0, 0.1) is 12.8 Å². The monoisotopic (exact) mass is 324 g/mol. The molecule has 0 atom stereocenters. The molecule has 0 saturated heterocycles. The molecule has 1 aliphatic carbocycles. The number of aryl methyl sites for hydroxylation is 1. The van der Waals surface area contributed by atoms with Crippen LogP contribution in [0.2, 0.25) is 0 Å². The van der Waals surface area contributed by atoms with E-state index >= 15 is 0 Å². The van der Waals surface area contributed by atoms with Crippen molar-refractivity contribution < 1.29 is 18.7 Å². The summed E-state index contributed by atoms with van der Waals surface area (Å²) in [5.74, 6) is 0.831. The van der Waals surface area contributed by atoms with Crippen LogP contribution >= 0.6 is 0 Å². The molecular weight excluding hydrogens is 308 g/mol. The molecule has 24 heavy (non-hydrogen) atoms. The Morgan fingerprint density at radius 1 is 1.12 bits per heavy atom. The number of hydrogen-bond acceptors (Lipinski definition) is 5. The van der Waals surface area contributed by atoms with Gasteiger partial charge in [-0.2, -0.15) is 0 Å². The molecule has 5 nitrogen and oxygen atoms in total. The van der Waals surface area contributed by atoms with Crippen molar-refractivity contribution >= 4 is 27.7 Å². The zero-order valence-corrected chi connectivity index (χ0v) is 13.4. The van der Waals surface area contributed by atoms with Crippen LogP contribution in [0.3, 0.4) is 0 Å². The molecule has 1 saturated carbocycles. The number of benzene rings is 2. The topological polar surface area (TPSA) is 65.7 Å². The first-order valence-corrected chi connectivity index (χ1v) is 7.84. The van der Waals surface area contributed by atoms with Gasteiger partial charge in [-0.3, -0.25) is 4.79 Å². The molecule has 122 valence electrons. The highest BCUT2D eigenvalue weighted by atomic mass is 16.5. The highest BCUT2D eigenvalue weighted by molar-refractivity contribution is 6.06. The third-order valence-corrected chi connectivity index (χ3v) is 4.41. The van der Waals surface area contributed by atoms with Crippen LogP contribution in [0.1, 0.15) is 18.4 Å². The third kappa shape index (κ3) is 2.33. The van der Waals surface area contributed by atoms with Crippen LogP contribution in [-0.2, 0) is 4.79 Å². The second kappa shape index (κ2) is 5.37. The van der Waals surface area contributed by atoms with Gasteiger partial charge in [-0.15, -0.1) is 0 Å². The molecule has 1 heterocycles. The second-order valence-corrected chi connectivity index (χ2v) is 6.06. The lowest BCUT2D eigenvalue weighted by atomic mass is 10.0. The first kappa shape index (κ1) is 14.8. The Bertz CT molecular complexity index is 1030. The molecule has 0 aliphatic heterocycles. The third-order valence-electron chi connectivity index (χ3n) is 4.41. The molecule has 0 N–H and O–H groups in total. The number of rotatable bonds is 3. The summed E-state index contributed by atoms with van der Waals surface area (Å²) in [4.78, 5) is 24.2. The van der Waals surface area contributed by atoms with E-state index < -0.39 is 5.63 Å². The van der Waals surface area contributed by atoms with Crippen LogP contribution < -0.4 is 15.1 Å². The summed E-state index contributed by atoms with van der Waals surface area (Å²) in [6.45, 7) is 1.79. The minimum absolute atomic E-state index is 0.0103. The summed E-state index contributed by atoms with van der Waals surface area (Å²) in [5, 5.41) is 2.05. The van der Waals surface area contributed by atoms with E-state index in [4.69, 9.17) is 13.9 Å². The molecule has 0 radical (unpaired) electrons. The Morgan fingerprint density at radius 3 is 2.58 bits per heavy atom. The maximum atomic E-state index is 12.3. The van der Waals surface area contributed by atoms with E-state index in [-0.39, 0.29) is 11.9 Å². The maximum Gasteiger partial charge on any atom is 0.344 e. The highest BCUT2D eigenvalue weighted by Gasteiger charge is 2.32. The summed E-state index contributed by atoms with van der Waals surface area (Å²) in [5.41, 5.74) is 0.653. The molecule has 0 amide bonds. The molecule has 1 fully saturated rings. The lowest BCUT2D eigenvalue weighted by Gasteiger charge is -2.10. The predicted molar refractivity (Wildman–Crippen MR) is 89.6 cm³/mol. The Labute approximate surface area is 137 Å². The van der Waals surface area contributed by atoms with Crippen molar-refractivity contribution in [2.24, 2.45) is 5.92 Å². The van der Waals surface area contributed by atoms with Crippen molar-refractivity contribution in [1.29, 1.82) is 0 Å². The van der Waals surface area contributed by atoms with Gasteiger partial charge in [0.2, 0.25) is 0 Å². The summed E-state index contributed by atoms with van der Waals surface area (Å²) in [7, 11) is 1.55. The fraction of sp³-hybridized carbons (Fsp3) is 0.263. The number of carbonyl (C=O) groups is 1.